The summed E-state index contributed by atoms with van der Waals surface area (Å²) in [7, 11) is 1.49. The molecule has 3 aromatic carbocycles. The zero-order chi connectivity index (χ0) is 21.3. The van der Waals surface area contributed by atoms with Crippen molar-refractivity contribution in [3.63, 3.8) is 0 Å². The first-order valence-electron chi connectivity index (χ1n) is 9.27. The maximum Gasteiger partial charge on any atom is 0.300 e. The van der Waals surface area contributed by atoms with E-state index < -0.39 is 23.5 Å². The van der Waals surface area contributed by atoms with Gasteiger partial charge in [0.05, 0.1) is 18.7 Å². The van der Waals surface area contributed by atoms with Crippen molar-refractivity contribution in [3.05, 3.63) is 101 Å². The van der Waals surface area contributed by atoms with Crippen LogP contribution in [0.25, 0.3) is 5.76 Å². The van der Waals surface area contributed by atoms with E-state index in [2.05, 4.69) is 0 Å². The maximum absolute atomic E-state index is 13.9. The Morgan fingerprint density at radius 3 is 2.40 bits per heavy atom. The Morgan fingerprint density at radius 2 is 1.70 bits per heavy atom. The van der Waals surface area contributed by atoms with Crippen molar-refractivity contribution in [1.82, 2.24) is 0 Å². The van der Waals surface area contributed by atoms with Gasteiger partial charge in [-0.2, -0.15) is 0 Å². The molecule has 1 fully saturated rings. The van der Waals surface area contributed by atoms with E-state index in [0.29, 0.717) is 16.9 Å². The van der Waals surface area contributed by atoms with E-state index >= 15 is 0 Å². The fourth-order valence-corrected chi connectivity index (χ4v) is 3.60. The number of halogens is 1. The number of Topliss-reactive ketones (excluding diaryl/α,β-unsaturated/α-hetero) is 1. The van der Waals surface area contributed by atoms with Gasteiger partial charge in [-0.3, -0.25) is 14.5 Å². The van der Waals surface area contributed by atoms with Gasteiger partial charge in [-0.25, -0.2) is 4.39 Å². The molecule has 0 aliphatic carbocycles. The van der Waals surface area contributed by atoms with Crippen LogP contribution in [0.5, 0.6) is 5.75 Å². The van der Waals surface area contributed by atoms with Crippen molar-refractivity contribution in [3.8, 4) is 5.75 Å². The molecule has 150 valence electrons. The number of carbonyl (C=O) groups excluding carboxylic acids is 2. The van der Waals surface area contributed by atoms with Gasteiger partial charge in [0, 0.05) is 11.3 Å². The average molecular weight is 403 g/mol. The highest BCUT2D eigenvalue weighted by Crippen LogP contribution is 2.42. The van der Waals surface area contributed by atoms with Crippen LogP contribution in [0.4, 0.5) is 10.1 Å². The van der Waals surface area contributed by atoms with Crippen LogP contribution in [-0.4, -0.2) is 23.9 Å². The minimum atomic E-state index is -0.904. The predicted octanol–water partition coefficient (Wildman–Crippen LogP) is 4.46. The molecule has 0 aromatic heterocycles. The third kappa shape index (κ3) is 3.33. The summed E-state index contributed by atoms with van der Waals surface area (Å²) in [5, 5.41) is 11.0. The molecule has 1 aliphatic rings. The van der Waals surface area contributed by atoms with Crippen LogP contribution >= 0.6 is 0 Å². The number of methoxy groups -OCH3 is 1. The summed E-state index contributed by atoms with van der Waals surface area (Å²) in [5.74, 6) is -2.03. The number of carbonyl (C=O) groups is 2. The molecule has 1 N–H and O–H groups in total. The Kier molecular flexibility index (Phi) is 5.06. The predicted molar refractivity (Wildman–Crippen MR) is 111 cm³/mol. The van der Waals surface area contributed by atoms with Gasteiger partial charge in [-0.05, 0) is 35.9 Å². The second-order valence-corrected chi connectivity index (χ2v) is 6.79. The second-order valence-electron chi connectivity index (χ2n) is 6.79. The van der Waals surface area contributed by atoms with Crippen molar-refractivity contribution in [2.75, 3.05) is 12.0 Å². The molecule has 1 amide bonds. The number of benzene rings is 3. The number of hydrogen-bond acceptors (Lipinski definition) is 4. The Morgan fingerprint density at radius 1 is 0.967 bits per heavy atom. The van der Waals surface area contributed by atoms with Crippen LogP contribution in [0.3, 0.4) is 0 Å². The van der Waals surface area contributed by atoms with E-state index in [4.69, 9.17) is 4.74 Å². The number of aliphatic hydroxyl groups excluding tert-OH is 1. The molecule has 1 saturated heterocycles. The zero-order valence-electron chi connectivity index (χ0n) is 16.1. The van der Waals surface area contributed by atoms with E-state index in [-0.39, 0.29) is 17.0 Å². The fourth-order valence-electron chi connectivity index (χ4n) is 3.60. The highest BCUT2D eigenvalue weighted by Gasteiger charge is 2.47. The van der Waals surface area contributed by atoms with Crippen molar-refractivity contribution < 1.29 is 23.8 Å². The molecule has 0 saturated carbocycles. The first-order valence-corrected chi connectivity index (χ1v) is 9.27. The topological polar surface area (TPSA) is 66.8 Å². The minimum absolute atomic E-state index is 0.0660. The summed E-state index contributed by atoms with van der Waals surface area (Å²) in [6.07, 6.45) is 0. The van der Waals surface area contributed by atoms with Gasteiger partial charge in [-0.1, -0.05) is 48.5 Å². The van der Waals surface area contributed by atoms with Gasteiger partial charge in [0.2, 0.25) is 0 Å². The Hall–Kier alpha value is -3.93. The van der Waals surface area contributed by atoms with Gasteiger partial charge in [0.1, 0.15) is 17.3 Å². The summed E-state index contributed by atoms with van der Waals surface area (Å²) < 4.78 is 19.1. The molecule has 30 heavy (non-hydrogen) atoms. The molecular weight excluding hydrogens is 385 g/mol. The minimum Gasteiger partial charge on any atom is -0.507 e. The molecule has 1 aliphatic heterocycles. The number of nitrogens with zero attached hydrogens (tertiary/aromatic N) is 1. The van der Waals surface area contributed by atoms with Gasteiger partial charge in [0.15, 0.2) is 0 Å². The Labute approximate surface area is 172 Å². The first kappa shape index (κ1) is 19.4. The standard InChI is InChI=1S/C24H18FNO4/c1-30-19-12-5-9-16(13-19)22(27)20-21(15-7-3-2-4-8-15)26(24(29)23(20)28)18-11-6-10-17(25)14-18/h2-14,21,27H,1H3/b22-20+. The Balaban J connectivity index is 1.94. The lowest BCUT2D eigenvalue weighted by Crippen LogP contribution is -2.29. The maximum atomic E-state index is 13.9. The van der Waals surface area contributed by atoms with E-state index in [9.17, 15) is 19.1 Å². The van der Waals surface area contributed by atoms with Crippen molar-refractivity contribution >= 4 is 23.1 Å². The average Bonchev–Trinajstić information content (AvgIpc) is 3.04. The van der Waals surface area contributed by atoms with E-state index in [1.54, 1.807) is 60.7 Å². The van der Waals surface area contributed by atoms with Crippen LogP contribution < -0.4 is 9.64 Å². The fraction of sp³-hybridized carbons (Fsp3) is 0.0833. The molecule has 1 atom stereocenters. The molecule has 1 heterocycles. The molecule has 4 rings (SSSR count). The molecule has 5 nitrogen and oxygen atoms in total. The highest BCUT2D eigenvalue weighted by atomic mass is 19.1. The lowest BCUT2D eigenvalue weighted by molar-refractivity contribution is -0.132. The molecule has 3 aromatic rings. The number of rotatable bonds is 4. The first-order chi connectivity index (χ1) is 14.5. The zero-order valence-corrected chi connectivity index (χ0v) is 16.1. The number of ether oxygens (including phenoxy) is 1. The van der Waals surface area contributed by atoms with E-state index in [1.807, 2.05) is 0 Å². The summed E-state index contributed by atoms with van der Waals surface area (Å²) in [4.78, 5) is 27.2. The van der Waals surface area contributed by atoms with Gasteiger partial charge in [0.25, 0.3) is 11.7 Å². The smallest absolute Gasteiger partial charge is 0.300 e. The quantitative estimate of drug-likeness (QED) is 0.397. The number of hydrogen-bond donors (Lipinski definition) is 1. The molecule has 6 heteroatoms. The van der Waals surface area contributed by atoms with E-state index in [1.165, 1.54) is 30.2 Å². The van der Waals surface area contributed by atoms with Crippen LogP contribution in [-0.2, 0) is 9.59 Å². The summed E-state index contributed by atoms with van der Waals surface area (Å²) in [5.41, 5.74) is 1.12. The molecular formula is C24H18FNO4. The lowest BCUT2D eigenvalue weighted by atomic mass is 9.95. The molecule has 0 spiro atoms. The largest absolute Gasteiger partial charge is 0.507 e. The van der Waals surface area contributed by atoms with Crippen LogP contribution in [0, 0.1) is 5.82 Å². The van der Waals surface area contributed by atoms with Crippen molar-refractivity contribution in [2.45, 2.75) is 6.04 Å². The second kappa shape index (κ2) is 7.83. The number of anilines is 1. The third-order valence-corrected chi connectivity index (χ3v) is 4.99. The molecule has 0 radical (unpaired) electrons. The SMILES string of the molecule is COc1cccc(/C(O)=C2\C(=O)C(=O)N(c3cccc(F)c3)C2c2ccccc2)c1. The van der Waals surface area contributed by atoms with Crippen molar-refractivity contribution in [1.29, 1.82) is 0 Å². The van der Waals surface area contributed by atoms with Gasteiger partial charge < -0.3 is 9.84 Å². The monoisotopic (exact) mass is 403 g/mol. The Bertz CT molecular complexity index is 1160. The molecule has 1 unspecified atom stereocenters. The van der Waals surface area contributed by atoms with Gasteiger partial charge in [-0.15, -0.1) is 0 Å². The third-order valence-electron chi connectivity index (χ3n) is 4.99. The normalized spacial score (nSPS) is 17.9. The summed E-state index contributed by atoms with van der Waals surface area (Å²) in [6.45, 7) is 0. The number of ketones is 1. The summed E-state index contributed by atoms with van der Waals surface area (Å²) in [6, 6.07) is 20.0. The van der Waals surface area contributed by atoms with Crippen LogP contribution in [0.2, 0.25) is 0 Å². The summed E-state index contributed by atoms with van der Waals surface area (Å²) >= 11 is 0. The van der Waals surface area contributed by atoms with Crippen LogP contribution in [0.15, 0.2) is 84.4 Å². The number of amides is 1. The lowest BCUT2D eigenvalue weighted by Gasteiger charge is -2.25. The van der Waals surface area contributed by atoms with Crippen LogP contribution in [0.1, 0.15) is 17.2 Å². The van der Waals surface area contributed by atoms with Crippen molar-refractivity contribution in [2.24, 2.45) is 0 Å². The molecule has 0 bridgehead atoms. The van der Waals surface area contributed by atoms with E-state index in [0.717, 1.165) is 0 Å². The van der Waals surface area contributed by atoms with Gasteiger partial charge >= 0.3 is 0 Å². The highest BCUT2D eigenvalue weighted by molar-refractivity contribution is 6.51. The number of aliphatic hydroxyl groups is 1.